The topological polar surface area (TPSA) is 159 Å². The summed E-state index contributed by atoms with van der Waals surface area (Å²) >= 11 is 5.75. The molecule has 0 bridgehead atoms. The van der Waals surface area contributed by atoms with E-state index in [0.717, 1.165) is 4.90 Å². The fourth-order valence-electron chi connectivity index (χ4n) is 4.00. The molecule has 1 saturated heterocycles. The third-order valence-electron chi connectivity index (χ3n) is 6.24. The number of nitrogens with zero attached hydrogens (tertiary/aromatic N) is 1. The van der Waals surface area contributed by atoms with Gasteiger partial charge in [-0.15, -0.1) is 0 Å². The second-order valence-corrected chi connectivity index (χ2v) is 11.8. The number of likely N-dealkylation sites (tertiary alicyclic amines) is 1. The Hall–Kier alpha value is -3.98. The number of benzene rings is 2. The molecule has 2 aromatic rings. The third kappa shape index (κ3) is 8.06. The number of hydrogen-bond acceptors (Lipinski definition) is 7. The van der Waals surface area contributed by atoms with Crippen molar-refractivity contribution < 1.29 is 45.6 Å². The predicted octanol–water partition coefficient (Wildman–Crippen LogP) is 2.06. The largest absolute Gasteiger partial charge is 0.452 e. The van der Waals surface area contributed by atoms with Crippen LogP contribution in [0.25, 0.3) is 0 Å². The Kier molecular flexibility index (Phi) is 9.99. The normalized spacial score (nSPS) is 16.2. The van der Waals surface area contributed by atoms with Crippen molar-refractivity contribution in [1.29, 1.82) is 0 Å². The van der Waals surface area contributed by atoms with Crippen LogP contribution in [0.1, 0.15) is 41.0 Å². The van der Waals surface area contributed by atoms with E-state index in [1.165, 1.54) is 62.4 Å². The van der Waals surface area contributed by atoms with Crippen LogP contribution >= 0.6 is 11.6 Å². The molecule has 1 fully saturated rings. The Labute approximate surface area is 243 Å². The van der Waals surface area contributed by atoms with Gasteiger partial charge in [-0.2, -0.15) is 13.2 Å². The molecule has 0 aromatic heterocycles. The lowest BCUT2D eigenvalue weighted by atomic mass is 9.99. The number of alkyl halides is 3. The van der Waals surface area contributed by atoms with Gasteiger partial charge in [-0.1, -0.05) is 25.4 Å². The Bertz CT molecular complexity index is 1480. The minimum atomic E-state index is -5.14. The van der Waals surface area contributed by atoms with Crippen LogP contribution in [0.3, 0.4) is 0 Å². The number of halogens is 4. The molecule has 1 aliphatic heterocycles. The van der Waals surface area contributed by atoms with Gasteiger partial charge < -0.3 is 15.5 Å². The van der Waals surface area contributed by atoms with Gasteiger partial charge in [0.15, 0.2) is 0 Å². The lowest BCUT2D eigenvalue weighted by Gasteiger charge is -2.24. The maximum absolute atomic E-state index is 12.8. The average molecular weight is 631 g/mol. The molecule has 11 nitrogen and oxygen atoms in total. The van der Waals surface area contributed by atoms with Crippen molar-refractivity contribution in [2.24, 2.45) is 5.92 Å². The van der Waals surface area contributed by atoms with Gasteiger partial charge >= 0.3 is 6.18 Å². The molecule has 0 aliphatic carbocycles. The van der Waals surface area contributed by atoms with E-state index < -0.39 is 70.2 Å². The summed E-state index contributed by atoms with van der Waals surface area (Å²) in [5, 5.41) is 4.82. The number of ketones is 1. The summed E-state index contributed by atoms with van der Waals surface area (Å²) in [5.41, 5.74) is -0.0246. The number of rotatable bonds is 10. The van der Waals surface area contributed by atoms with Crippen LogP contribution in [0.2, 0.25) is 5.02 Å². The molecule has 1 heterocycles. The van der Waals surface area contributed by atoms with E-state index in [1.54, 1.807) is 0 Å². The Balaban J connectivity index is 1.56. The number of sulfonamides is 1. The zero-order valence-electron chi connectivity index (χ0n) is 22.2. The number of Topliss-reactive ketones (excluding diaryl/α,β-unsaturated/α-hetero) is 1. The number of carbonyl (C=O) groups excluding carboxylic acids is 5. The van der Waals surface area contributed by atoms with Crippen LogP contribution in [-0.2, 0) is 24.4 Å². The summed E-state index contributed by atoms with van der Waals surface area (Å²) in [6.07, 6.45) is -5.03. The van der Waals surface area contributed by atoms with E-state index in [9.17, 15) is 45.6 Å². The summed E-state index contributed by atoms with van der Waals surface area (Å²) in [4.78, 5) is 62.6. The van der Waals surface area contributed by atoms with Crippen LogP contribution in [0.4, 0.5) is 13.2 Å². The van der Waals surface area contributed by atoms with E-state index in [4.69, 9.17) is 11.6 Å². The highest BCUT2D eigenvalue weighted by Gasteiger charge is 2.45. The van der Waals surface area contributed by atoms with Crippen LogP contribution < -0.4 is 15.4 Å². The van der Waals surface area contributed by atoms with Crippen molar-refractivity contribution in [1.82, 2.24) is 20.3 Å². The second kappa shape index (κ2) is 12.9. The van der Waals surface area contributed by atoms with Crippen molar-refractivity contribution in [2.75, 3.05) is 13.1 Å². The van der Waals surface area contributed by atoms with Gasteiger partial charge in [-0.25, -0.2) is 13.1 Å². The number of carbonyl (C=O) groups is 5. The molecule has 0 saturated carbocycles. The van der Waals surface area contributed by atoms with Crippen molar-refractivity contribution >= 4 is 51.0 Å². The van der Waals surface area contributed by atoms with Crippen LogP contribution in [0, 0.1) is 5.92 Å². The molecule has 0 radical (unpaired) electrons. The molecule has 2 aromatic carbocycles. The summed E-state index contributed by atoms with van der Waals surface area (Å²) in [6, 6.07) is 7.20. The van der Waals surface area contributed by atoms with Crippen LogP contribution in [-0.4, -0.2) is 74.1 Å². The minimum absolute atomic E-state index is 0.0258. The molecule has 226 valence electrons. The first-order valence-electron chi connectivity index (χ1n) is 12.4. The molecule has 1 aliphatic rings. The summed E-state index contributed by atoms with van der Waals surface area (Å²) in [5.74, 6) is -6.21. The number of nitrogens with one attached hydrogen (secondary N) is 3. The summed E-state index contributed by atoms with van der Waals surface area (Å²) in [7, 11) is -4.18. The monoisotopic (exact) mass is 630 g/mol. The van der Waals surface area contributed by atoms with Gasteiger partial charge in [0, 0.05) is 22.7 Å². The maximum atomic E-state index is 12.8. The van der Waals surface area contributed by atoms with Gasteiger partial charge in [0.05, 0.1) is 17.5 Å². The SMILES string of the molecule is CC(C)C(NC(=O)CN1CC[C@H](NC(=O)c2ccc(C(=O)NS(=O)(=O)c3ccc(Cl)cc3)cc2)C1=O)C(=O)C(F)(F)F. The van der Waals surface area contributed by atoms with Crippen molar-refractivity contribution in [3.05, 3.63) is 64.7 Å². The van der Waals surface area contributed by atoms with Crippen molar-refractivity contribution in [2.45, 2.75) is 43.4 Å². The molecule has 16 heteroatoms. The zero-order valence-corrected chi connectivity index (χ0v) is 23.8. The molecule has 2 atom stereocenters. The first-order chi connectivity index (χ1) is 19.5. The van der Waals surface area contributed by atoms with Crippen molar-refractivity contribution in [3.8, 4) is 0 Å². The molecule has 0 spiro atoms. The molecule has 42 heavy (non-hydrogen) atoms. The van der Waals surface area contributed by atoms with Crippen LogP contribution in [0.5, 0.6) is 0 Å². The van der Waals surface area contributed by atoms with Gasteiger partial charge in [0.2, 0.25) is 11.8 Å². The minimum Gasteiger partial charge on any atom is -0.344 e. The molecule has 3 rings (SSSR count). The highest BCUT2D eigenvalue weighted by molar-refractivity contribution is 7.90. The Morgan fingerprint density at radius 2 is 1.52 bits per heavy atom. The number of hydrogen-bond donors (Lipinski definition) is 3. The number of amides is 4. The Morgan fingerprint density at radius 3 is 2.05 bits per heavy atom. The molecular weight excluding hydrogens is 605 g/mol. The molecule has 1 unspecified atom stereocenters. The first kappa shape index (κ1) is 32.5. The molecule has 4 amide bonds. The lowest BCUT2D eigenvalue weighted by molar-refractivity contribution is -0.174. The summed E-state index contributed by atoms with van der Waals surface area (Å²) in [6.45, 7) is 2.09. The quantitative estimate of drug-likeness (QED) is 0.362. The van der Waals surface area contributed by atoms with Gasteiger partial charge in [-0.3, -0.25) is 24.0 Å². The van der Waals surface area contributed by atoms with Crippen LogP contribution in [0.15, 0.2) is 53.4 Å². The Morgan fingerprint density at radius 1 is 0.976 bits per heavy atom. The van der Waals surface area contributed by atoms with Gasteiger partial charge in [0.1, 0.15) is 6.04 Å². The fraction of sp³-hybridized carbons (Fsp3) is 0.346. The maximum Gasteiger partial charge on any atom is 0.452 e. The van der Waals surface area contributed by atoms with Gasteiger partial charge in [-0.05, 0) is 60.9 Å². The van der Waals surface area contributed by atoms with Crippen molar-refractivity contribution in [3.63, 3.8) is 0 Å². The fourth-order valence-corrected chi connectivity index (χ4v) is 5.10. The molecule has 3 N–H and O–H groups in total. The van der Waals surface area contributed by atoms with E-state index in [-0.39, 0.29) is 29.0 Å². The average Bonchev–Trinajstić information content (AvgIpc) is 3.24. The second-order valence-electron chi connectivity index (χ2n) is 9.69. The highest BCUT2D eigenvalue weighted by Crippen LogP contribution is 2.21. The highest BCUT2D eigenvalue weighted by atomic mass is 35.5. The van der Waals surface area contributed by atoms with E-state index >= 15 is 0 Å². The lowest BCUT2D eigenvalue weighted by Crippen LogP contribution is -2.52. The predicted molar refractivity (Wildman–Crippen MR) is 143 cm³/mol. The molecular formula is C26H26ClF3N4O7S. The van der Waals surface area contributed by atoms with E-state index in [1.807, 2.05) is 10.0 Å². The van der Waals surface area contributed by atoms with Gasteiger partial charge in [0.25, 0.3) is 27.6 Å². The van der Waals surface area contributed by atoms with E-state index in [2.05, 4.69) is 5.32 Å². The smallest absolute Gasteiger partial charge is 0.344 e. The standard InChI is InChI=1S/C26H26ClF3N4O7S/c1-14(2)21(22(36)26(28,29)30)32-20(35)13-34-12-11-19(25(34)39)31-23(37)15-3-5-16(6-4-15)24(38)33-42(40,41)18-9-7-17(27)8-10-18/h3-10,14,19,21H,11-13H2,1-2H3,(H,31,37)(H,32,35)(H,33,38)/t19-,21?/m0/s1. The summed E-state index contributed by atoms with van der Waals surface area (Å²) < 4.78 is 65.2. The van der Waals surface area contributed by atoms with E-state index in [0.29, 0.717) is 5.02 Å². The third-order valence-corrected chi connectivity index (χ3v) is 7.84. The first-order valence-corrected chi connectivity index (χ1v) is 14.3. The zero-order chi connectivity index (χ0) is 31.4.